The molecule has 1 aliphatic rings. The summed E-state index contributed by atoms with van der Waals surface area (Å²) in [5, 5.41) is 0. The summed E-state index contributed by atoms with van der Waals surface area (Å²) in [7, 11) is -3.38. The number of thioether (sulfide) groups is 1. The van der Waals surface area contributed by atoms with Crippen molar-refractivity contribution in [3.05, 3.63) is 29.8 Å². The van der Waals surface area contributed by atoms with Crippen molar-refractivity contribution in [2.24, 2.45) is 11.7 Å². The molecule has 0 atom stereocenters. The number of rotatable bonds is 6. The van der Waals surface area contributed by atoms with Crippen LogP contribution in [0.15, 0.2) is 29.2 Å². The van der Waals surface area contributed by atoms with Gasteiger partial charge in [0.25, 0.3) is 0 Å². The van der Waals surface area contributed by atoms with Gasteiger partial charge in [0.05, 0.1) is 4.90 Å². The van der Waals surface area contributed by atoms with Crippen molar-refractivity contribution < 1.29 is 8.42 Å². The Balaban J connectivity index is 1.94. The molecule has 6 heteroatoms. The Morgan fingerprint density at radius 3 is 2.45 bits per heavy atom. The predicted molar refractivity (Wildman–Crippen MR) is 84.4 cm³/mol. The summed E-state index contributed by atoms with van der Waals surface area (Å²) in [5.74, 6) is 2.75. The number of benzene rings is 1. The van der Waals surface area contributed by atoms with Gasteiger partial charge in [-0.1, -0.05) is 12.1 Å². The van der Waals surface area contributed by atoms with Crippen LogP contribution in [0.2, 0.25) is 0 Å². The topological polar surface area (TPSA) is 72.2 Å². The standard InChI is InChI=1S/C14H22N2O2S2/c15-8-5-12-1-3-14(4-2-12)20(17,18)16-11-13-6-9-19-10-7-13/h1-4,13,16H,5-11,15H2. The fraction of sp³-hybridized carbons (Fsp3) is 0.571. The molecule has 0 aromatic heterocycles. The lowest BCUT2D eigenvalue weighted by Gasteiger charge is -2.21. The van der Waals surface area contributed by atoms with Gasteiger partial charge in [-0.3, -0.25) is 0 Å². The van der Waals surface area contributed by atoms with Gasteiger partial charge in [-0.2, -0.15) is 11.8 Å². The van der Waals surface area contributed by atoms with E-state index in [1.165, 1.54) is 0 Å². The summed E-state index contributed by atoms with van der Waals surface area (Å²) in [6, 6.07) is 6.98. The molecular formula is C14H22N2O2S2. The molecule has 2 rings (SSSR count). The summed E-state index contributed by atoms with van der Waals surface area (Å²) >= 11 is 1.95. The number of hydrogen-bond donors (Lipinski definition) is 2. The van der Waals surface area contributed by atoms with Crippen molar-refractivity contribution in [1.29, 1.82) is 0 Å². The van der Waals surface area contributed by atoms with Crippen molar-refractivity contribution in [2.45, 2.75) is 24.2 Å². The smallest absolute Gasteiger partial charge is 0.240 e. The van der Waals surface area contributed by atoms with Crippen molar-refractivity contribution in [2.75, 3.05) is 24.6 Å². The van der Waals surface area contributed by atoms with Crippen LogP contribution in [0.5, 0.6) is 0 Å². The largest absolute Gasteiger partial charge is 0.330 e. The van der Waals surface area contributed by atoms with Gasteiger partial charge in [0.1, 0.15) is 0 Å². The molecule has 0 aliphatic carbocycles. The van der Waals surface area contributed by atoms with Gasteiger partial charge in [0.2, 0.25) is 10.0 Å². The second-order valence-corrected chi connectivity index (χ2v) is 8.08. The molecule has 0 saturated carbocycles. The highest BCUT2D eigenvalue weighted by molar-refractivity contribution is 7.99. The highest BCUT2D eigenvalue weighted by Gasteiger charge is 2.18. The fourth-order valence-corrected chi connectivity index (χ4v) is 4.58. The molecule has 1 heterocycles. The van der Waals surface area contributed by atoms with Crippen molar-refractivity contribution in [1.82, 2.24) is 4.72 Å². The number of nitrogens with one attached hydrogen (secondary N) is 1. The zero-order valence-electron chi connectivity index (χ0n) is 11.5. The Morgan fingerprint density at radius 2 is 1.85 bits per heavy atom. The van der Waals surface area contributed by atoms with E-state index in [0.29, 0.717) is 23.9 Å². The molecular weight excluding hydrogens is 292 g/mol. The Hall–Kier alpha value is -0.560. The Morgan fingerprint density at radius 1 is 1.20 bits per heavy atom. The van der Waals surface area contributed by atoms with Crippen LogP contribution in [0.1, 0.15) is 18.4 Å². The van der Waals surface area contributed by atoms with E-state index in [0.717, 1.165) is 36.3 Å². The first-order chi connectivity index (χ1) is 9.62. The molecule has 0 spiro atoms. The Labute approximate surface area is 125 Å². The quantitative estimate of drug-likeness (QED) is 0.837. The monoisotopic (exact) mass is 314 g/mol. The minimum Gasteiger partial charge on any atom is -0.330 e. The van der Waals surface area contributed by atoms with E-state index in [1.807, 2.05) is 23.9 Å². The average molecular weight is 314 g/mol. The minimum atomic E-state index is -3.38. The number of sulfonamides is 1. The third kappa shape index (κ3) is 4.48. The van der Waals surface area contributed by atoms with Crippen molar-refractivity contribution >= 4 is 21.8 Å². The van der Waals surface area contributed by atoms with E-state index in [1.54, 1.807) is 12.1 Å². The first-order valence-corrected chi connectivity index (χ1v) is 9.62. The third-order valence-corrected chi connectivity index (χ3v) is 6.06. The number of hydrogen-bond acceptors (Lipinski definition) is 4. The van der Waals surface area contributed by atoms with E-state index in [9.17, 15) is 8.42 Å². The van der Waals surface area contributed by atoms with Crippen LogP contribution in [0.4, 0.5) is 0 Å². The summed E-state index contributed by atoms with van der Waals surface area (Å²) in [5.41, 5.74) is 6.55. The van der Waals surface area contributed by atoms with Crippen LogP contribution in [-0.4, -0.2) is 33.0 Å². The Bertz CT molecular complexity index is 508. The predicted octanol–water partition coefficient (Wildman–Crippen LogP) is 1.61. The SMILES string of the molecule is NCCc1ccc(S(=O)(=O)NCC2CCSCC2)cc1. The van der Waals surface area contributed by atoms with Crippen LogP contribution >= 0.6 is 11.8 Å². The van der Waals surface area contributed by atoms with Gasteiger partial charge in [-0.25, -0.2) is 13.1 Å². The van der Waals surface area contributed by atoms with Crippen molar-refractivity contribution in [3.63, 3.8) is 0 Å². The lowest BCUT2D eigenvalue weighted by Crippen LogP contribution is -2.31. The first kappa shape index (κ1) is 15.8. The van der Waals surface area contributed by atoms with Gasteiger partial charge in [0.15, 0.2) is 0 Å². The van der Waals surface area contributed by atoms with Gasteiger partial charge in [-0.15, -0.1) is 0 Å². The molecule has 0 amide bonds. The molecule has 0 unspecified atom stereocenters. The van der Waals surface area contributed by atoms with Crippen LogP contribution in [0.25, 0.3) is 0 Å². The lowest BCUT2D eigenvalue weighted by molar-refractivity contribution is 0.476. The van der Waals surface area contributed by atoms with E-state index in [-0.39, 0.29) is 0 Å². The Kier molecular flexibility index (Phi) is 5.89. The van der Waals surface area contributed by atoms with Gasteiger partial charge in [0, 0.05) is 6.54 Å². The maximum Gasteiger partial charge on any atom is 0.240 e. The highest BCUT2D eigenvalue weighted by atomic mass is 32.2. The molecule has 3 N–H and O–H groups in total. The van der Waals surface area contributed by atoms with E-state index in [2.05, 4.69) is 4.72 Å². The molecule has 4 nitrogen and oxygen atoms in total. The molecule has 20 heavy (non-hydrogen) atoms. The molecule has 1 aromatic carbocycles. The van der Waals surface area contributed by atoms with E-state index >= 15 is 0 Å². The second kappa shape index (κ2) is 7.45. The first-order valence-electron chi connectivity index (χ1n) is 6.98. The molecule has 0 bridgehead atoms. The van der Waals surface area contributed by atoms with Gasteiger partial charge in [-0.05, 0) is 60.9 Å². The molecule has 1 saturated heterocycles. The minimum absolute atomic E-state index is 0.337. The zero-order chi connectivity index (χ0) is 14.4. The fourth-order valence-electron chi connectivity index (χ4n) is 2.26. The van der Waals surface area contributed by atoms with E-state index in [4.69, 9.17) is 5.73 Å². The summed E-state index contributed by atoms with van der Waals surface area (Å²) < 4.78 is 27.1. The van der Waals surface area contributed by atoms with Gasteiger partial charge >= 0.3 is 0 Å². The van der Waals surface area contributed by atoms with Crippen LogP contribution in [-0.2, 0) is 16.4 Å². The molecule has 1 fully saturated rings. The summed E-state index contributed by atoms with van der Waals surface area (Å²) in [6.45, 7) is 1.12. The number of nitrogens with two attached hydrogens (primary N) is 1. The maximum absolute atomic E-state index is 12.2. The molecule has 1 aromatic rings. The van der Waals surface area contributed by atoms with Gasteiger partial charge < -0.3 is 5.73 Å². The molecule has 0 radical (unpaired) electrons. The average Bonchev–Trinajstić information content (AvgIpc) is 2.47. The summed E-state index contributed by atoms with van der Waals surface area (Å²) in [4.78, 5) is 0.337. The molecule has 112 valence electrons. The third-order valence-electron chi connectivity index (χ3n) is 3.57. The van der Waals surface area contributed by atoms with Crippen LogP contribution in [0.3, 0.4) is 0 Å². The zero-order valence-corrected chi connectivity index (χ0v) is 13.2. The molecule has 1 aliphatic heterocycles. The van der Waals surface area contributed by atoms with Crippen LogP contribution < -0.4 is 10.5 Å². The maximum atomic E-state index is 12.2. The second-order valence-electron chi connectivity index (χ2n) is 5.09. The lowest BCUT2D eigenvalue weighted by atomic mass is 10.0. The summed E-state index contributed by atoms with van der Waals surface area (Å²) in [6.07, 6.45) is 2.97. The van der Waals surface area contributed by atoms with E-state index < -0.39 is 10.0 Å². The highest BCUT2D eigenvalue weighted by Crippen LogP contribution is 2.22. The normalized spacial score (nSPS) is 17.2. The van der Waals surface area contributed by atoms with Crippen molar-refractivity contribution in [3.8, 4) is 0 Å². The van der Waals surface area contributed by atoms with Crippen LogP contribution in [0, 0.1) is 5.92 Å².